The molecule has 0 bridgehead atoms. The van der Waals surface area contributed by atoms with Gasteiger partial charge in [-0.3, -0.25) is 10.1 Å². The van der Waals surface area contributed by atoms with Gasteiger partial charge in [-0.05, 0) is 0 Å². The van der Waals surface area contributed by atoms with Crippen molar-refractivity contribution in [3.8, 4) is 0 Å². The van der Waals surface area contributed by atoms with Gasteiger partial charge in [-0.15, -0.1) is 0 Å². The zero-order chi connectivity index (χ0) is 6.69. The summed E-state index contributed by atoms with van der Waals surface area (Å²) in [5, 5.41) is 10.0. The molecule has 0 radical (unpaired) electrons. The van der Waals surface area contributed by atoms with Gasteiger partial charge in [0, 0.05) is 39.8 Å². The Labute approximate surface area is 78.7 Å². The monoisotopic (exact) mass is 325 g/mol. The molecule has 3 nitrogen and oxygen atoms in total. The number of nitrogens with zero attached hydrogens (tertiary/aromatic N) is 1. The molecule has 0 fully saturated rings. The van der Waals surface area contributed by atoms with Gasteiger partial charge >= 0.3 is 0 Å². The minimum absolute atomic E-state index is 0. The molecule has 0 spiro atoms. The van der Waals surface area contributed by atoms with E-state index in [-0.39, 0.29) is 33.4 Å². The standard InChI is InChI=1S/C6H5NO2.Hg/c8-7(9)6-4-2-1-3-5-6;/h1-5H;. The van der Waals surface area contributed by atoms with Crippen LogP contribution in [0.25, 0.3) is 0 Å². The minimum atomic E-state index is -0.417. The Morgan fingerprint density at radius 1 is 1.20 bits per heavy atom. The number of nitro benzene ring substituents is 1. The van der Waals surface area contributed by atoms with Gasteiger partial charge in [-0.25, -0.2) is 0 Å². The fourth-order valence-corrected chi connectivity index (χ4v) is 0.550. The van der Waals surface area contributed by atoms with Crippen LogP contribution in [0.4, 0.5) is 5.69 Å². The number of hydrogen-bond donors (Lipinski definition) is 0. The van der Waals surface area contributed by atoms with Crippen molar-refractivity contribution in [2.24, 2.45) is 0 Å². The van der Waals surface area contributed by atoms with Crippen molar-refractivity contribution in [2.45, 2.75) is 0 Å². The molecule has 48 valence electrons. The van der Waals surface area contributed by atoms with E-state index < -0.39 is 4.92 Å². The molecule has 0 amide bonds. The van der Waals surface area contributed by atoms with Crippen molar-refractivity contribution in [3.05, 3.63) is 40.4 Å². The van der Waals surface area contributed by atoms with Crippen molar-refractivity contribution in [1.82, 2.24) is 0 Å². The van der Waals surface area contributed by atoms with Crippen LogP contribution in [0.5, 0.6) is 0 Å². The maximum atomic E-state index is 10.0. The van der Waals surface area contributed by atoms with Crippen LogP contribution in [0.3, 0.4) is 0 Å². The number of rotatable bonds is 1. The Morgan fingerprint density at radius 2 is 1.70 bits per heavy atom. The summed E-state index contributed by atoms with van der Waals surface area (Å²) in [6, 6.07) is 7.93. The van der Waals surface area contributed by atoms with Crippen LogP contribution < -0.4 is 0 Å². The van der Waals surface area contributed by atoms with E-state index in [4.69, 9.17) is 0 Å². The summed E-state index contributed by atoms with van der Waals surface area (Å²) in [6.07, 6.45) is 0. The largest absolute Gasteiger partial charge is 0.269 e. The summed E-state index contributed by atoms with van der Waals surface area (Å²) in [4.78, 5) is 9.59. The van der Waals surface area contributed by atoms with E-state index in [1.54, 1.807) is 18.2 Å². The van der Waals surface area contributed by atoms with Gasteiger partial charge in [-0.1, -0.05) is 18.2 Å². The third-order valence-electron chi connectivity index (χ3n) is 0.967. The van der Waals surface area contributed by atoms with Gasteiger partial charge in [0.1, 0.15) is 0 Å². The van der Waals surface area contributed by atoms with Crippen molar-refractivity contribution in [2.75, 3.05) is 0 Å². The number of hydrogen-bond acceptors (Lipinski definition) is 2. The second-order valence-corrected chi connectivity index (χ2v) is 1.59. The molecule has 0 atom stereocenters. The van der Waals surface area contributed by atoms with Crippen LogP contribution in [-0.4, -0.2) is 4.92 Å². The van der Waals surface area contributed by atoms with E-state index in [0.29, 0.717) is 0 Å². The van der Waals surface area contributed by atoms with Gasteiger partial charge in [-0.2, -0.15) is 0 Å². The molecule has 1 aromatic carbocycles. The predicted octanol–water partition coefficient (Wildman–Crippen LogP) is 1.59. The molecule has 0 saturated carbocycles. The van der Waals surface area contributed by atoms with Crippen molar-refractivity contribution < 1.29 is 32.6 Å². The molecule has 1 rings (SSSR count). The summed E-state index contributed by atoms with van der Waals surface area (Å²) < 4.78 is 0. The fourth-order valence-electron chi connectivity index (χ4n) is 0.550. The number of benzene rings is 1. The first kappa shape index (κ1) is 9.56. The minimum Gasteiger partial charge on any atom is -0.258 e. The van der Waals surface area contributed by atoms with Crippen LogP contribution in [0.1, 0.15) is 0 Å². The molecule has 10 heavy (non-hydrogen) atoms. The average molecular weight is 324 g/mol. The number of para-hydroxylation sites is 1. The van der Waals surface area contributed by atoms with E-state index in [2.05, 4.69) is 0 Å². The first-order chi connectivity index (χ1) is 4.30. The number of nitro groups is 1. The Bertz CT molecular complexity index is 212. The molecule has 0 heterocycles. The molecule has 0 aliphatic rings. The summed E-state index contributed by atoms with van der Waals surface area (Å²) in [7, 11) is 0. The predicted molar refractivity (Wildman–Crippen MR) is 33.1 cm³/mol. The van der Waals surface area contributed by atoms with Gasteiger partial charge in [0.15, 0.2) is 0 Å². The molecule has 0 N–H and O–H groups in total. The quantitative estimate of drug-likeness (QED) is 0.447. The second kappa shape index (κ2) is 4.38. The zero-order valence-electron chi connectivity index (χ0n) is 5.36. The maximum absolute atomic E-state index is 10.0. The topological polar surface area (TPSA) is 43.1 Å². The maximum Gasteiger partial charge on any atom is 0.269 e. The van der Waals surface area contributed by atoms with E-state index in [9.17, 15) is 10.1 Å². The average Bonchev–Trinajstić information content (AvgIpc) is 1.90. The van der Waals surface area contributed by atoms with Gasteiger partial charge in [0.05, 0.1) is 4.92 Å². The molecule has 4 heteroatoms. The Balaban J connectivity index is 0.000000810. The summed E-state index contributed by atoms with van der Waals surface area (Å²) in [5.41, 5.74) is 0.137. The molecular weight excluding hydrogens is 319 g/mol. The summed E-state index contributed by atoms with van der Waals surface area (Å²) in [6.45, 7) is 0. The summed E-state index contributed by atoms with van der Waals surface area (Å²) in [5.74, 6) is 0. The van der Waals surface area contributed by atoms with E-state index in [1.807, 2.05) is 0 Å². The Kier molecular flexibility index (Phi) is 4.19. The molecular formula is C6H5HgNO2. The van der Waals surface area contributed by atoms with Crippen LogP contribution in [0, 0.1) is 10.1 Å². The van der Waals surface area contributed by atoms with Crippen LogP contribution in [0.2, 0.25) is 0 Å². The molecule has 0 aliphatic heterocycles. The molecule has 0 aliphatic carbocycles. The first-order valence-corrected chi connectivity index (χ1v) is 2.50. The Morgan fingerprint density at radius 3 is 2.00 bits per heavy atom. The zero-order valence-corrected chi connectivity index (χ0v) is 10.9. The normalized spacial score (nSPS) is 8.00. The second-order valence-electron chi connectivity index (χ2n) is 1.59. The summed E-state index contributed by atoms with van der Waals surface area (Å²) >= 11 is 0. The van der Waals surface area contributed by atoms with Crippen molar-refractivity contribution >= 4 is 5.69 Å². The molecule has 0 saturated heterocycles. The van der Waals surface area contributed by atoms with E-state index in [0.717, 1.165) is 0 Å². The number of non-ortho nitro benzene ring substituents is 1. The van der Waals surface area contributed by atoms with E-state index >= 15 is 0 Å². The van der Waals surface area contributed by atoms with Crippen molar-refractivity contribution in [1.29, 1.82) is 0 Å². The smallest absolute Gasteiger partial charge is 0.258 e. The molecule has 0 aromatic heterocycles. The molecule has 0 unspecified atom stereocenters. The van der Waals surface area contributed by atoms with E-state index in [1.165, 1.54) is 12.1 Å². The van der Waals surface area contributed by atoms with Gasteiger partial charge in [0.25, 0.3) is 5.69 Å². The SMILES string of the molecule is O=[N+]([O-])c1ccccc1.[Hg]. The molecule has 1 aromatic rings. The van der Waals surface area contributed by atoms with Crippen LogP contribution in [-0.2, 0) is 27.7 Å². The van der Waals surface area contributed by atoms with Gasteiger partial charge < -0.3 is 0 Å². The third kappa shape index (κ3) is 2.43. The fraction of sp³-hybridized carbons (Fsp3) is 0. The van der Waals surface area contributed by atoms with Crippen LogP contribution >= 0.6 is 0 Å². The van der Waals surface area contributed by atoms with Crippen molar-refractivity contribution in [3.63, 3.8) is 0 Å². The third-order valence-corrected chi connectivity index (χ3v) is 0.967. The van der Waals surface area contributed by atoms with Crippen LogP contribution in [0.15, 0.2) is 30.3 Å². The Hall–Kier alpha value is -0.445. The first-order valence-electron chi connectivity index (χ1n) is 2.50. The van der Waals surface area contributed by atoms with Gasteiger partial charge in [0.2, 0.25) is 0 Å².